The average Bonchev–Trinajstić information content (AvgIpc) is 1.50. The van der Waals surface area contributed by atoms with Crippen LogP contribution in [0.4, 0.5) is 0 Å². The topological polar surface area (TPSA) is 441 Å². The quantitative estimate of drug-likeness (QED) is 0.0419. The normalized spacial score (nSPS) is 55.4. The molecule has 89 heavy (non-hydrogen) atoms. The van der Waals surface area contributed by atoms with Gasteiger partial charge in [-0.3, -0.25) is 4.79 Å². The van der Waals surface area contributed by atoms with Gasteiger partial charge in [-0.2, -0.15) is 0 Å². The lowest BCUT2D eigenvalue weighted by atomic mass is 9.40. The van der Waals surface area contributed by atoms with Gasteiger partial charge >= 0.3 is 5.97 Å². The Hall–Kier alpha value is -1.87. The molecule has 0 radical (unpaired) electrons. The fourth-order valence-electron chi connectivity index (χ4n) is 18.2. The lowest BCUT2D eigenvalue weighted by Gasteiger charge is -2.64. The van der Waals surface area contributed by atoms with E-state index in [9.17, 15) is 81.4 Å². The molecule has 0 aromatic rings. The Bertz CT molecular complexity index is 2540. The predicted molar refractivity (Wildman–Crippen MR) is 295 cm³/mol. The van der Waals surface area contributed by atoms with Crippen LogP contribution in [0.2, 0.25) is 0 Å². The van der Waals surface area contributed by atoms with Crippen LogP contribution in [0.25, 0.3) is 0 Å². The molecule has 0 amide bonds. The number of hydrogen-bond acceptors (Lipinski definition) is 29. The van der Waals surface area contributed by atoms with E-state index in [1.54, 1.807) is 6.92 Å². The van der Waals surface area contributed by atoms with Crippen molar-refractivity contribution in [1.82, 2.24) is 0 Å². The van der Waals surface area contributed by atoms with E-state index in [2.05, 4.69) is 20.8 Å². The number of esters is 1. The largest absolute Gasteiger partial charge is 0.453 e. The number of fused-ring (bicyclic) bond motifs is 4. The van der Waals surface area contributed by atoms with E-state index in [-0.39, 0.29) is 18.3 Å². The highest BCUT2D eigenvalue weighted by atomic mass is 16.8. The van der Waals surface area contributed by atoms with Crippen molar-refractivity contribution in [2.75, 3.05) is 33.5 Å². The first-order valence-electron chi connectivity index (χ1n) is 31.5. The smallest absolute Gasteiger partial charge is 0.319 e. The molecular weight excluding hydrogens is 1180 g/mol. The summed E-state index contributed by atoms with van der Waals surface area (Å²) in [5.74, 6) is -0.973. The van der Waals surface area contributed by atoms with Crippen molar-refractivity contribution in [2.45, 2.75) is 289 Å². The Morgan fingerprint density at radius 1 is 0.551 bits per heavy atom. The van der Waals surface area contributed by atoms with Gasteiger partial charge in [-0.1, -0.05) is 39.3 Å². The van der Waals surface area contributed by atoms with Crippen molar-refractivity contribution >= 4 is 5.97 Å². The molecule has 1 spiro atoms. The van der Waals surface area contributed by atoms with Gasteiger partial charge in [0.2, 0.25) is 0 Å². The molecule has 29 nitrogen and oxygen atoms in total. The van der Waals surface area contributed by atoms with Gasteiger partial charge in [0.05, 0.1) is 50.3 Å². The first-order chi connectivity index (χ1) is 41.7. The van der Waals surface area contributed by atoms with Crippen LogP contribution in [-0.2, 0) is 66.4 Å². The van der Waals surface area contributed by atoms with Crippen LogP contribution in [0.15, 0.2) is 11.6 Å². The zero-order chi connectivity index (χ0) is 64.8. The Labute approximate surface area is 515 Å². The summed E-state index contributed by atoms with van der Waals surface area (Å²) in [6.45, 7) is 12.6. The molecule has 7 heterocycles. The summed E-state index contributed by atoms with van der Waals surface area (Å²) in [5.41, 5.74) is -6.52. The maximum Gasteiger partial charge on any atom is 0.319 e. The third kappa shape index (κ3) is 10.6. The van der Waals surface area contributed by atoms with Gasteiger partial charge < -0.3 is 138 Å². The Balaban J connectivity index is 0.823. The summed E-state index contributed by atoms with van der Waals surface area (Å²) in [6, 6.07) is 0. The molecule has 0 bridgehead atoms. The standard InChI is InChI=1S/C60H96O29/c1-23-44(85-51-43(74)46(36(67)28(21-63)82-51)86-50-42(73)45(77-9)35(66)27(20-62)81-50)39(70)41(72)48(79-23)87-47-37(68)29(83-49-40(71)38(69)34(65)26(19-61)80-49)22-78-52(47)84-32-13-15-56(6)25-18-31(64)60-53(75)89-58(8,33-12-14-54(2,3)88-33)59(60,76)17-16-57(60,7)24(25)10-11-30(56)55(32,4)5/h18,23-24,26-52,61-74,76H,10-17,19-22H2,1-9H3/t23-,24+,26-,27-,28-,29-,30+,31+,32+,33-,34-,35-,36-,37+,38+,39-,40-,41-,42-,43-,44-,45+,46+,47-,48+,49+,50+,51+,52+,56-,57+,58+,59+,60-/m1/s1. The first kappa shape index (κ1) is 68.5. The maximum absolute atomic E-state index is 14.8. The summed E-state index contributed by atoms with van der Waals surface area (Å²) in [5, 5.41) is 169. The van der Waals surface area contributed by atoms with Crippen molar-refractivity contribution in [3.05, 3.63) is 11.6 Å². The lowest BCUT2D eigenvalue weighted by molar-refractivity contribution is -0.394. The SMILES string of the molecule is CO[C@@H]1[C@@H](O)[C@H](O[C@@H]2[C@@H](O)[C@H](O[C@H]3[C@H](O)[C@@H](O)[C@H](O[C@H]4[C@H](O[C@H]5CC[C@]6(C)C7=C[C@H](O)[C@]89C(=O)O[C@@](C)([C@H]%10CCC(C)(C)O%10)[C@@]8(O)CC[C@@]9(C)[C@H]7CC[C@H]6C5(C)C)OC[C@@H](O[C@@H]5O[C@H](CO)[C@@H](O)[C@H](O)[C@H]5O)[C@@H]4O)O[C@@H]3C)O[C@H](CO)[C@H]2O)O[C@H](CO)[C@H]1O. The Morgan fingerprint density at radius 3 is 1.72 bits per heavy atom. The van der Waals surface area contributed by atoms with E-state index in [0.717, 1.165) is 5.57 Å². The van der Waals surface area contributed by atoms with Gasteiger partial charge in [-0.05, 0) is 107 Å². The fraction of sp³-hybridized carbons (Fsp3) is 0.950. The molecule has 0 unspecified atom stereocenters. The van der Waals surface area contributed by atoms with Gasteiger partial charge in [0, 0.05) is 7.11 Å². The second-order valence-electron chi connectivity index (χ2n) is 28.8. The van der Waals surface area contributed by atoms with Crippen LogP contribution < -0.4 is 0 Å². The second-order valence-corrected chi connectivity index (χ2v) is 28.8. The van der Waals surface area contributed by atoms with Crippen LogP contribution in [0.5, 0.6) is 0 Å². The molecule has 34 atom stereocenters. The van der Waals surface area contributed by atoms with Gasteiger partial charge in [-0.15, -0.1) is 0 Å². The van der Waals surface area contributed by atoms with E-state index in [1.807, 2.05) is 26.8 Å². The predicted octanol–water partition coefficient (Wildman–Crippen LogP) is -4.27. The number of aliphatic hydroxyl groups excluding tert-OH is 14. The first-order valence-corrected chi connectivity index (χ1v) is 31.5. The summed E-state index contributed by atoms with van der Waals surface area (Å²) in [6.07, 6.45) is -37.0. The molecule has 11 aliphatic rings. The van der Waals surface area contributed by atoms with Crippen LogP contribution in [0.3, 0.4) is 0 Å². The van der Waals surface area contributed by atoms with Crippen molar-refractivity contribution in [2.24, 2.45) is 33.5 Å². The van der Waals surface area contributed by atoms with E-state index >= 15 is 0 Å². The summed E-state index contributed by atoms with van der Waals surface area (Å²) < 4.78 is 78.7. The highest BCUT2D eigenvalue weighted by molar-refractivity contribution is 5.86. The molecule has 29 heteroatoms. The van der Waals surface area contributed by atoms with Gasteiger partial charge in [0.15, 0.2) is 37.1 Å². The van der Waals surface area contributed by atoms with E-state index < -0.39 is 237 Å². The van der Waals surface area contributed by atoms with Crippen LogP contribution >= 0.6 is 0 Å². The maximum atomic E-state index is 14.8. The lowest BCUT2D eigenvalue weighted by Crippen LogP contribution is -2.69. The molecule has 510 valence electrons. The van der Waals surface area contributed by atoms with Gasteiger partial charge in [0.1, 0.15) is 127 Å². The van der Waals surface area contributed by atoms with Gasteiger partial charge in [-0.25, -0.2) is 0 Å². The molecule has 10 fully saturated rings. The summed E-state index contributed by atoms with van der Waals surface area (Å²) in [4.78, 5) is 14.8. The summed E-state index contributed by atoms with van der Waals surface area (Å²) >= 11 is 0. The van der Waals surface area contributed by atoms with Crippen molar-refractivity contribution in [3.63, 3.8) is 0 Å². The number of hydrogen-bond donors (Lipinski definition) is 15. The molecule has 11 rings (SSSR count). The second kappa shape index (κ2) is 24.6. The minimum absolute atomic E-state index is 0.129. The highest BCUT2D eigenvalue weighted by Gasteiger charge is 2.87. The number of carbonyl (C=O) groups excluding carboxylic acids is 1. The molecule has 3 saturated carbocycles. The number of aliphatic hydroxyl groups is 15. The molecular formula is C60H96O29. The fourth-order valence-corrected chi connectivity index (χ4v) is 18.2. The van der Waals surface area contributed by atoms with E-state index in [0.29, 0.717) is 44.9 Å². The van der Waals surface area contributed by atoms with Crippen LogP contribution in [0.1, 0.15) is 107 Å². The van der Waals surface area contributed by atoms with Crippen molar-refractivity contribution in [1.29, 1.82) is 0 Å². The highest BCUT2D eigenvalue weighted by Crippen LogP contribution is 2.77. The molecule has 0 aromatic heterocycles. The monoisotopic (exact) mass is 1280 g/mol. The number of rotatable bonds is 15. The number of cyclic esters (lactones) is 1. The average molecular weight is 1280 g/mol. The minimum atomic E-state index is -2.04. The number of allylic oxidation sites excluding steroid dienone is 1. The molecule has 7 saturated heterocycles. The summed E-state index contributed by atoms with van der Waals surface area (Å²) in [7, 11) is 1.18. The number of carbonyl (C=O) groups is 1. The minimum Gasteiger partial charge on any atom is -0.453 e. The molecule has 15 N–H and O–H groups in total. The molecule has 0 aromatic carbocycles. The molecule has 7 aliphatic heterocycles. The third-order valence-corrected chi connectivity index (χ3v) is 23.3. The Morgan fingerprint density at radius 2 is 1.11 bits per heavy atom. The van der Waals surface area contributed by atoms with E-state index in [4.69, 9.17) is 61.6 Å². The van der Waals surface area contributed by atoms with E-state index in [1.165, 1.54) is 14.0 Å². The third-order valence-electron chi connectivity index (χ3n) is 23.3. The van der Waals surface area contributed by atoms with Crippen LogP contribution in [-0.4, -0.2) is 299 Å². The van der Waals surface area contributed by atoms with Crippen LogP contribution in [0, 0.1) is 33.5 Å². The number of ether oxygens (including phenoxy) is 13. The zero-order valence-corrected chi connectivity index (χ0v) is 51.7. The van der Waals surface area contributed by atoms with Gasteiger partial charge in [0.25, 0.3) is 0 Å². The number of methoxy groups -OCH3 is 1. The Kier molecular flexibility index (Phi) is 19.0. The zero-order valence-electron chi connectivity index (χ0n) is 51.7. The van der Waals surface area contributed by atoms with Crippen molar-refractivity contribution < 1.29 is 143 Å². The van der Waals surface area contributed by atoms with Crippen molar-refractivity contribution in [3.8, 4) is 0 Å². The molecule has 4 aliphatic carbocycles.